The van der Waals surface area contributed by atoms with Crippen molar-refractivity contribution in [2.24, 2.45) is 5.73 Å². The Balaban J connectivity index is 2.24. The van der Waals surface area contributed by atoms with E-state index in [-0.39, 0.29) is 5.92 Å². The van der Waals surface area contributed by atoms with E-state index in [9.17, 15) is 0 Å². The molecule has 5 nitrogen and oxygen atoms in total. The van der Waals surface area contributed by atoms with Gasteiger partial charge in [0.2, 0.25) is 5.89 Å². The molecule has 0 amide bonds. The Labute approximate surface area is 93.7 Å². The van der Waals surface area contributed by atoms with Crippen molar-refractivity contribution in [3.8, 4) is 0 Å². The Kier molecular flexibility index (Phi) is 2.96. The zero-order valence-corrected chi connectivity index (χ0v) is 9.29. The van der Waals surface area contributed by atoms with Crippen molar-refractivity contribution >= 4 is 0 Å². The van der Waals surface area contributed by atoms with Gasteiger partial charge in [0.25, 0.3) is 0 Å². The van der Waals surface area contributed by atoms with Gasteiger partial charge in [-0.25, -0.2) is 0 Å². The van der Waals surface area contributed by atoms with Crippen LogP contribution in [-0.4, -0.2) is 15.1 Å². The van der Waals surface area contributed by atoms with E-state index in [0.717, 1.165) is 5.56 Å². The standard InChI is InChI=1S/C11H14N4O/c1-7(2)10-14-11(16-15-10)9(12)8-4-3-5-13-6-8/h3-7,9H,12H2,1-2H3/t9-/m1/s1. The summed E-state index contributed by atoms with van der Waals surface area (Å²) in [5.74, 6) is 1.34. The SMILES string of the molecule is CC(C)c1noc([C@H](N)c2cccnc2)n1. The third-order valence-electron chi connectivity index (χ3n) is 2.28. The number of nitrogens with zero attached hydrogens (tertiary/aromatic N) is 3. The summed E-state index contributed by atoms with van der Waals surface area (Å²) in [5.41, 5.74) is 6.86. The maximum absolute atomic E-state index is 5.99. The summed E-state index contributed by atoms with van der Waals surface area (Å²) >= 11 is 0. The molecule has 0 saturated carbocycles. The second kappa shape index (κ2) is 4.40. The fourth-order valence-electron chi connectivity index (χ4n) is 1.31. The zero-order chi connectivity index (χ0) is 11.5. The first-order valence-corrected chi connectivity index (χ1v) is 5.17. The number of hydrogen-bond acceptors (Lipinski definition) is 5. The summed E-state index contributed by atoms with van der Waals surface area (Å²) in [7, 11) is 0. The minimum atomic E-state index is -0.409. The smallest absolute Gasteiger partial charge is 0.248 e. The molecule has 0 fully saturated rings. The van der Waals surface area contributed by atoms with Crippen LogP contribution in [-0.2, 0) is 0 Å². The maximum atomic E-state index is 5.99. The second-order valence-electron chi connectivity index (χ2n) is 3.91. The van der Waals surface area contributed by atoms with Crippen molar-refractivity contribution in [3.05, 3.63) is 41.8 Å². The minimum Gasteiger partial charge on any atom is -0.337 e. The molecule has 2 aromatic heterocycles. The molecule has 2 heterocycles. The summed E-state index contributed by atoms with van der Waals surface area (Å²) in [4.78, 5) is 8.26. The molecular formula is C11H14N4O. The monoisotopic (exact) mass is 218 g/mol. The molecule has 0 aliphatic carbocycles. The summed E-state index contributed by atoms with van der Waals surface area (Å²) in [6.07, 6.45) is 3.40. The van der Waals surface area contributed by atoms with Gasteiger partial charge < -0.3 is 10.3 Å². The Morgan fingerprint density at radius 2 is 2.19 bits per heavy atom. The third kappa shape index (κ3) is 2.09. The van der Waals surface area contributed by atoms with Crippen LogP contribution in [0.15, 0.2) is 29.0 Å². The molecule has 0 bridgehead atoms. The number of nitrogens with two attached hydrogens (primary N) is 1. The molecule has 0 spiro atoms. The molecule has 16 heavy (non-hydrogen) atoms. The van der Waals surface area contributed by atoms with E-state index >= 15 is 0 Å². The quantitative estimate of drug-likeness (QED) is 0.847. The third-order valence-corrected chi connectivity index (χ3v) is 2.28. The lowest BCUT2D eigenvalue weighted by atomic mass is 10.1. The zero-order valence-electron chi connectivity index (χ0n) is 9.29. The lowest BCUT2D eigenvalue weighted by Gasteiger charge is -2.05. The summed E-state index contributed by atoms with van der Waals surface area (Å²) in [6.45, 7) is 4.01. The molecule has 0 radical (unpaired) electrons. The van der Waals surface area contributed by atoms with Gasteiger partial charge in [-0.15, -0.1) is 0 Å². The van der Waals surface area contributed by atoms with Gasteiger partial charge in [0.15, 0.2) is 5.82 Å². The van der Waals surface area contributed by atoms with Gasteiger partial charge in [0, 0.05) is 18.3 Å². The van der Waals surface area contributed by atoms with Gasteiger partial charge in [-0.3, -0.25) is 4.98 Å². The Bertz CT molecular complexity index is 452. The summed E-state index contributed by atoms with van der Waals surface area (Å²) in [5, 5.41) is 3.88. The highest BCUT2D eigenvalue weighted by atomic mass is 16.5. The summed E-state index contributed by atoms with van der Waals surface area (Å²) < 4.78 is 5.13. The molecule has 0 aliphatic rings. The van der Waals surface area contributed by atoms with Crippen LogP contribution >= 0.6 is 0 Å². The lowest BCUT2D eigenvalue weighted by Crippen LogP contribution is -2.12. The highest BCUT2D eigenvalue weighted by molar-refractivity contribution is 5.19. The molecule has 0 aromatic carbocycles. The van der Waals surface area contributed by atoms with Crippen LogP contribution < -0.4 is 5.73 Å². The molecule has 5 heteroatoms. The molecular weight excluding hydrogens is 204 g/mol. The van der Waals surface area contributed by atoms with Gasteiger partial charge >= 0.3 is 0 Å². The van der Waals surface area contributed by atoms with Crippen molar-refractivity contribution in [1.29, 1.82) is 0 Å². The molecule has 2 N–H and O–H groups in total. The Morgan fingerprint density at radius 3 is 2.75 bits per heavy atom. The fraction of sp³-hybridized carbons (Fsp3) is 0.364. The van der Waals surface area contributed by atoms with Crippen LogP contribution in [0.25, 0.3) is 0 Å². The average Bonchev–Trinajstić information content (AvgIpc) is 2.78. The van der Waals surface area contributed by atoms with Crippen molar-refractivity contribution in [2.45, 2.75) is 25.8 Å². The molecule has 0 unspecified atom stereocenters. The van der Waals surface area contributed by atoms with Gasteiger partial charge in [-0.05, 0) is 11.6 Å². The number of aromatic nitrogens is 3. The topological polar surface area (TPSA) is 77.8 Å². The van der Waals surface area contributed by atoms with E-state index in [1.807, 2.05) is 26.0 Å². The van der Waals surface area contributed by atoms with Crippen molar-refractivity contribution in [3.63, 3.8) is 0 Å². The van der Waals surface area contributed by atoms with Gasteiger partial charge in [0.05, 0.1) is 0 Å². The Morgan fingerprint density at radius 1 is 1.38 bits per heavy atom. The van der Waals surface area contributed by atoms with E-state index in [2.05, 4.69) is 15.1 Å². The molecule has 0 aliphatic heterocycles. The predicted octanol–water partition coefficient (Wildman–Crippen LogP) is 1.64. The molecule has 2 aromatic rings. The number of pyridine rings is 1. The normalized spacial score (nSPS) is 13.0. The van der Waals surface area contributed by atoms with Crippen LogP contribution in [0.5, 0.6) is 0 Å². The van der Waals surface area contributed by atoms with Crippen LogP contribution in [0, 0.1) is 0 Å². The van der Waals surface area contributed by atoms with Crippen LogP contribution in [0.1, 0.15) is 43.1 Å². The van der Waals surface area contributed by atoms with E-state index in [4.69, 9.17) is 10.3 Å². The number of hydrogen-bond donors (Lipinski definition) is 1. The van der Waals surface area contributed by atoms with Crippen molar-refractivity contribution in [2.75, 3.05) is 0 Å². The van der Waals surface area contributed by atoms with E-state index in [1.165, 1.54) is 0 Å². The first-order valence-electron chi connectivity index (χ1n) is 5.17. The molecule has 84 valence electrons. The number of rotatable bonds is 3. The highest BCUT2D eigenvalue weighted by Crippen LogP contribution is 2.18. The first kappa shape index (κ1) is 10.8. The Hall–Kier alpha value is -1.75. The molecule has 0 saturated heterocycles. The predicted molar refractivity (Wildman–Crippen MR) is 58.7 cm³/mol. The van der Waals surface area contributed by atoms with Gasteiger partial charge in [0.1, 0.15) is 6.04 Å². The average molecular weight is 218 g/mol. The fourth-order valence-corrected chi connectivity index (χ4v) is 1.31. The van der Waals surface area contributed by atoms with Crippen LogP contribution in [0.3, 0.4) is 0 Å². The van der Waals surface area contributed by atoms with Crippen molar-refractivity contribution < 1.29 is 4.52 Å². The van der Waals surface area contributed by atoms with Crippen molar-refractivity contribution in [1.82, 2.24) is 15.1 Å². The maximum Gasteiger partial charge on any atom is 0.248 e. The first-order chi connectivity index (χ1) is 7.68. The van der Waals surface area contributed by atoms with Gasteiger partial charge in [-0.2, -0.15) is 4.98 Å². The largest absolute Gasteiger partial charge is 0.337 e. The van der Waals surface area contributed by atoms with E-state index in [0.29, 0.717) is 11.7 Å². The van der Waals surface area contributed by atoms with Crippen LogP contribution in [0.4, 0.5) is 0 Å². The summed E-state index contributed by atoms with van der Waals surface area (Å²) in [6, 6.07) is 3.31. The molecule has 1 atom stereocenters. The second-order valence-corrected chi connectivity index (χ2v) is 3.91. The van der Waals surface area contributed by atoms with E-state index in [1.54, 1.807) is 12.4 Å². The van der Waals surface area contributed by atoms with Gasteiger partial charge in [-0.1, -0.05) is 25.1 Å². The van der Waals surface area contributed by atoms with E-state index < -0.39 is 6.04 Å². The minimum absolute atomic E-state index is 0.235. The molecule has 2 rings (SSSR count). The van der Waals surface area contributed by atoms with Crippen LogP contribution in [0.2, 0.25) is 0 Å². The highest BCUT2D eigenvalue weighted by Gasteiger charge is 2.17. The lowest BCUT2D eigenvalue weighted by molar-refractivity contribution is 0.361.